The Bertz CT molecular complexity index is 836. The lowest BCUT2D eigenvalue weighted by Crippen LogP contribution is -2.48. The third-order valence-electron chi connectivity index (χ3n) is 3.97. The standard InChI is InChI=1S/C16H14N2O6S/c19-15(18-3-4-22-13(6-18)16(20)21)10-7-25-14(17-10)9-1-2-11-12(5-9)24-8-23-11/h1-2,5,7,13H,3-4,6,8H2,(H,20,21). The fourth-order valence-corrected chi connectivity index (χ4v) is 3.47. The van der Waals surface area contributed by atoms with E-state index in [0.29, 0.717) is 28.7 Å². The van der Waals surface area contributed by atoms with Crippen LogP contribution in [0.4, 0.5) is 0 Å². The van der Waals surface area contributed by atoms with Gasteiger partial charge in [-0.1, -0.05) is 0 Å². The van der Waals surface area contributed by atoms with Crippen LogP contribution in [0, 0.1) is 0 Å². The fraction of sp³-hybridized carbons (Fsp3) is 0.312. The summed E-state index contributed by atoms with van der Waals surface area (Å²) in [6, 6.07) is 5.49. The van der Waals surface area contributed by atoms with Gasteiger partial charge >= 0.3 is 5.97 Å². The van der Waals surface area contributed by atoms with Crippen molar-refractivity contribution < 1.29 is 28.9 Å². The zero-order valence-electron chi connectivity index (χ0n) is 13.0. The molecular formula is C16H14N2O6S. The molecule has 8 nitrogen and oxygen atoms in total. The monoisotopic (exact) mass is 362 g/mol. The number of aromatic nitrogens is 1. The SMILES string of the molecule is O=C(O)C1CN(C(=O)c2csc(-c3ccc4c(c3)OCO4)n2)CCO1. The van der Waals surface area contributed by atoms with E-state index in [-0.39, 0.29) is 25.9 Å². The summed E-state index contributed by atoms with van der Waals surface area (Å²) in [6.45, 7) is 0.759. The van der Waals surface area contributed by atoms with E-state index in [1.807, 2.05) is 12.1 Å². The molecule has 0 radical (unpaired) electrons. The highest BCUT2D eigenvalue weighted by Crippen LogP contribution is 2.36. The smallest absolute Gasteiger partial charge is 0.334 e. The van der Waals surface area contributed by atoms with Gasteiger partial charge in [-0.2, -0.15) is 0 Å². The molecule has 2 aliphatic rings. The molecule has 0 spiro atoms. The van der Waals surface area contributed by atoms with Crippen LogP contribution in [0.3, 0.4) is 0 Å². The molecule has 130 valence electrons. The van der Waals surface area contributed by atoms with Crippen LogP contribution in [0.15, 0.2) is 23.6 Å². The number of morpholine rings is 1. The minimum atomic E-state index is -1.07. The van der Waals surface area contributed by atoms with E-state index in [2.05, 4.69) is 4.98 Å². The number of ether oxygens (including phenoxy) is 3. The Morgan fingerprint density at radius 2 is 2.12 bits per heavy atom. The molecule has 1 amide bonds. The number of hydrogen-bond donors (Lipinski definition) is 1. The van der Waals surface area contributed by atoms with Gasteiger partial charge in [0.1, 0.15) is 10.7 Å². The number of amides is 1. The second kappa shape index (κ2) is 6.34. The highest BCUT2D eigenvalue weighted by atomic mass is 32.1. The van der Waals surface area contributed by atoms with Crippen LogP contribution in [0.1, 0.15) is 10.5 Å². The normalized spacial score (nSPS) is 19.0. The Morgan fingerprint density at radius 1 is 1.28 bits per heavy atom. The summed E-state index contributed by atoms with van der Waals surface area (Å²) in [5.41, 5.74) is 1.13. The predicted molar refractivity (Wildman–Crippen MR) is 87.0 cm³/mol. The molecule has 9 heteroatoms. The van der Waals surface area contributed by atoms with Crippen LogP contribution < -0.4 is 9.47 Å². The maximum absolute atomic E-state index is 12.6. The summed E-state index contributed by atoms with van der Waals surface area (Å²) in [7, 11) is 0. The van der Waals surface area contributed by atoms with Gasteiger partial charge in [0.05, 0.1) is 13.2 Å². The number of carbonyl (C=O) groups is 2. The zero-order chi connectivity index (χ0) is 17.4. The first-order valence-electron chi connectivity index (χ1n) is 7.61. The maximum Gasteiger partial charge on any atom is 0.334 e. The summed E-state index contributed by atoms with van der Waals surface area (Å²) >= 11 is 1.34. The molecule has 1 unspecified atom stereocenters. The Labute approximate surface area is 146 Å². The van der Waals surface area contributed by atoms with Crippen molar-refractivity contribution in [2.75, 3.05) is 26.5 Å². The van der Waals surface area contributed by atoms with Crippen LogP contribution in [-0.4, -0.2) is 59.5 Å². The quantitative estimate of drug-likeness (QED) is 0.883. The third kappa shape index (κ3) is 3.03. The first-order chi connectivity index (χ1) is 12.1. The van der Waals surface area contributed by atoms with Crippen molar-refractivity contribution in [1.29, 1.82) is 0 Å². The van der Waals surface area contributed by atoms with Crippen molar-refractivity contribution >= 4 is 23.2 Å². The van der Waals surface area contributed by atoms with Crippen LogP contribution in [0.2, 0.25) is 0 Å². The fourth-order valence-electron chi connectivity index (χ4n) is 2.68. The van der Waals surface area contributed by atoms with E-state index in [4.69, 9.17) is 19.3 Å². The van der Waals surface area contributed by atoms with E-state index in [9.17, 15) is 9.59 Å². The Hall–Kier alpha value is -2.65. The predicted octanol–water partition coefficient (Wildman–Crippen LogP) is 1.46. The minimum absolute atomic E-state index is 0.0189. The second-order valence-electron chi connectivity index (χ2n) is 5.55. The first kappa shape index (κ1) is 15.9. The van der Waals surface area contributed by atoms with Gasteiger partial charge in [-0.3, -0.25) is 4.79 Å². The van der Waals surface area contributed by atoms with Gasteiger partial charge in [0, 0.05) is 17.5 Å². The number of hydrogen-bond acceptors (Lipinski definition) is 7. The number of carboxylic acid groups (broad SMARTS) is 1. The number of aliphatic carboxylic acids is 1. The maximum atomic E-state index is 12.6. The van der Waals surface area contributed by atoms with Crippen molar-refractivity contribution in [3.8, 4) is 22.1 Å². The van der Waals surface area contributed by atoms with E-state index in [0.717, 1.165) is 5.56 Å². The Kier molecular flexibility index (Phi) is 4.02. The first-order valence-corrected chi connectivity index (χ1v) is 8.49. The molecule has 1 fully saturated rings. The number of thiazole rings is 1. The number of carboxylic acids is 1. The van der Waals surface area contributed by atoms with Gasteiger partial charge in [-0.25, -0.2) is 9.78 Å². The van der Waals surface area contributed by atoms with E-state index in [1.54, 1.807) is 11.4 Å². The zero-order valence-corrected chi connectivity index (χ0v) is 13.8. The molecule has 4 rings (SSSR count). The Morgan fingerprint density at radius 3 is 2.96 bits per heavy atom. The summed E-state index contributed by atoms with van der Waals surface area (Å²) in [4.78, 5) is 29.5. The number of nitrogens with zero attached hydrogens (tertiary/aromatic N) is 2. The molecule has 25 heavy (non-hydrogen) atoms. The molecular weight excluding hydrogens is 348 g/mol. The molecule has 1 aromatic heterocycles. The molecule has 1 aromatic carbocycles. The van der Waals surface area contributed by atoms with Gasteiger partial charge in [-0.15, -0.1) is 11.3 Å². The number of carbonyl (C=O) groups excluding carboxylic acids is 1. The van der Waals surface area contributed by atoms with E-state index >= 15 is 0 Å². The summed E-state index contributed by atoms with van der Waals surface area (Å²) < 4.78 is 15.8. The molecule has 3 heterocycles. The van der Waals surface area contributed by atoms with Crippen LogP contribution in [0.25, 0.3) is 10.6 Å². The summed E-state index contributed by atoms with van der Waals surface area (Å²) in [5.74, 6) is -0.0303. The highest BCUT2D eigenvalue weighted by molar-refractivity contribution is 7.13. The molecule has 0 aliphatic carbocycles. The molecule has 2 aromatic rings. The molecule has 1 atom stereocenters. The average Bonchev–Trinajstić information content (AvgIpc) is 3.29. The van der Waals surface area contributed by atoms with Crippen molar-refractivity contribution in [2.45, 2.75) is 6.10 Å². The highest BCUT2D eigenvalue weighted by Gasteiger charge is 2.30. The van der Waals surface area contributed by atoms with Crippen molar-refractivity contribution in [1.82, 2.24) is 9.88 Å². The number of benzene rings is 1. The lowest BCUT2D eigenvalue weighted by molar-refractivity contribution is -0.154. The number of fused-ring (bicyclic) bond motifs is 1. The largest absolute Gasteiger partial charge is 0.479 e. The van der Waals surface area contributed by atoms with Gasteiger partial charge in [0.25, 0.3) is 5.91 Å². The number of rotatable bonds is 3. The summed E-state index contributed by atoms with van der Waals surface area (Å²) in [5, 5.41) is 11.4. The average molecular weight is 362 g/mol. The minimum Gasteiger partial charge on any atom is -0.479 e. The molecule has 1 N–H and O–H groups in total. The van der Waals surface area contributed by atoms with Crippen molar-refractivity contribution in [2.24, 2.45) is 0 Å². The second-order valence-corrected chi connectivity index (χ2v) is 6.41. The lowest BCUT2D eigenvalue weighted by Gasteiger charge is -2.30. The van der Waals surface area contributed by atoms with Gasteiger partial charge in [0.2, 0.25) is 6.79 Å². The molecule has 0 saturated carbocycles. The topological polar surface area (TPSA) is 98.2 Å². The van der Waals surface area contributed by atoms with E-state index < -0.39 is 12.1 Å². The molecule has 2 aliphatic heterocycles. The van der Waals surface area contributed by atoms with Crippen molar-refractivity contribution in [3.05, 3.63) is 29.3 Å². The summed E-state index contributed by atoms with van der Waals surface area (Å²) in [6.07, 6.45) is -0.996. The van der Waals surface area contributed by atoms with Crippen LogP contribution in [-0.2, 0) is 9.53 Å². The Balaban J connectivity index is 1.52. The van der Waals surface area contributed by atoms with Crippen LogP contribution in [0.5, 0.6) is 11.5 Å². The lowest BCUT2D eigenvalue weighted by atomic mass is 10.2. The molecule has 1 saturated heterocycles. The van der Waals surface area contributed by atoms with Gasteiger partial charge in [0.15, 0.2) is 17.6 Å². The van der Waals surface area contributed by atoms with Crippen LogP contribution >= 0.6 is 11.3 Å². The van der Waals surface area contributed by atoms with Gasteiger partial charge < -0.3 is 24.2 Å². The third-order valence-corrected chi connectivity index (χ3v) is 4.86. The van der Waals surface area contributed by atoms with E-state index in [1.165, 1.54) is 16.2 Å². The van der Waals surface area contributed by atoms with Crippen molar-refractivity contribution in [3.63, 3.8) is 0 Å². The molecule has 0 bridgehead atoms. The van der Waals surface area contributed by atoms with Gasteiger partial charge in [-0.05, 0) is 18.2 Å².